The van der Waals surface area contributed by atoms with Crippen LogP contribution in [0.2, 0.25) is 16.6 Å². The first-order valence-electron chi connectivity index (χ1n) is 7.88. The van der Waals surface area contributed by atoms with E-state index in [1.807, 2.05) is 12.2 Å². The Morgan fingerprint density at radius 2 is 1.59 bits per heavy atom. The van der Waals surface area contributed by atoms with Crippen LogP contribution in [0.3, 0.4) is 0 Å². The molecule has 0 aromatic rings. The van der Waals surface area contributed by atoms with Crippen LogP contribution < -0.4 is 5.14 Å². The fourth-order valence-electron chi connectivity index (χ4n) is 3.12. The van der Waals surface area contributed by atoms with Crippen LogP contribution in [0.15, 0.2) is 12.2 Å². The quantitative estimate of drug-likeness (QED) is 0.413. The maximum Gasteiger partial charge on any atom is 0.333 e. The Bertz CT molecular complexity index is 491. The van der Waals surface area contributed by atoms with E-state index in [2.05, 4.69) is 57.2 Å². The van der Waals surface area contributed by atoms with Gasteiger partial charge in [-0.2, -0.15) is 8.42 Å². The van der Waals surface area contributed by atoms with Crippen molar-refractivity contribution in [2.75, 3.05) is 6.61 Å². The van der Waals surface area contributed by atoms with Crippen LogP contribution in [0, 0.1) is 11.5 Å². The Kier molecular flexibility index (Phi) is 9.24. The monoisotopic (exact) mass is 345 g/mol. The smallest absolute Gasteiger partial charge is 0.258 e. The molecule has 0 aliphatic rings. The molecular formula is C16H31NO3SSi. The molecule has 0 amide bonds. The summed E-state index contributed by atoms with van der Waals surface area (Å²) in [6.45, 7) is 13.8. The van der Waals surface area contributed by atoms with Crippen molar-refractivity contribution in [2.24, 2.45) is 5.14 Å². The van der Waals surface area contributed by atoms with Crippen LogP contribution in [0.1, 0.15) is 54.4 Å². The van der Waals surface area contributed by atoms with Crippen LogP contribution in [0.4, 0.5) is 0 Å². The number of unbranched alkanes of at least 4 members (excludes halogenated alkanes) is 1. The van der Waals surface area contributed by atoms with Crippen LogP contribution in [0.25, 0.3) is 0 Å². The third-order valence-corrected chi connectivity index (χ3v) is 10.9. The van der Waals surface area contributed by atoms with E-state index in [1.54, 1.807) is 0 Å². The Labute approximate surface area is 137 Å². The minimum absolute atomic E-state index is 0.110. The van der Waals surface area contributed by atoms with Gasteiger partial charge >= 0.3 is 10.3 Å². The molecule has 4 nitrogen and oxygen atoms in total. The molecule has 0 saturated carbocycles. The highest BCUT2D eigenvalue weighted by Gasteiger charge is 2.41. The predicted molar refractivity (Wildman–Crippen MR) is 96.3 cm³/mol. The van der Waals surface area contributed by atoms with Gasteiger partial charge in [-0.1, -0.05) is 53.5 Å². The summed E-state index contributed by atoms with van der Waals surface area (Å²) in [5.41, 5.74) is 5.47. The Morgan fingerprint density at radius 1 is 1.09 bits per heavy atom. The van der Waals surface area contributed by atoms with Gasteiger partial charge in [0.05, 0.1) is 6.61 Å². The topological polar surface area (TPSA) is 69.4 Å². The van der Waals surface area contributed by atoms with E-state index in [-0.39, 0.29) is 6.61 Å². The largest absolute Gasteiger partial charge is 0.333 e. The summed E-state index contributed by atoms with van der Waals surface area (Å²) in [5, 5.41) is 4.74. The molecule has 0 atom stereocenters. The van der Waals surface area contributed by atoms with Crippen molar-refractivity contribution in [3.8, 4) is 11.5 Å². The molecule has 128 valence electrons. The molecule has 6 heteroatoms. The summed E-state index contributed by atoms with van der Waals surface area (Å²) in [4.78, 5) is 0. The number of nitrogens with two attached hydrogens (primary N) is 1. The number of hydrogen-bond donors (Lipinski definition) is 1. The number of allylic oxidation sites excluding steroid dienone is 2. The van der Waals surface area contributed by atoms with Gasteiger partial charge in [-0.15, -0.1) is 5.54 Å². The summed E-state index contributed by atoms with van der Waals surface area (Å²) in [7, 11) is -5.48. The van der Waals surface area contributed by atoms with Crippen molar-refractivity contribution in [1.82, 2.24) is 0 Å². The zero-order valence-corrected chi connectivity index (χ0v) is 16.5. The summed E-state index contributed by atoms with van der Waals surface area (Å²) in [6, 6.07) is 0. The molecule has 0 fully saturated rings. The maximum atomic E-state index is 10.6. The molecule has 0 spiro atoms. The first-order valence-corrected chi connectivity index (χ1v) is 11.6. The number of rotatable bonds is 8. The fourth-order valence-corrected chi connectivity index (χ4v) is 8.67. The second-order valence-electron chi connectivity index (χ2n) is 6.53. The summed E-state index contributed by atoms with van der Waals surface area (Å²) >= 11 is 0. The second kappa shape index (κ2) is 9.51. The lowest BCUT2D eigenvalue weighted by molar-refractivity contribution is 0.314. The lowest BCUT2D eigenvalue weighted by Gasteiger charge is -2.37. The van der Waals surface area contributed by atoms with E-state index in [1.165, 1.54) is 0 Å². The van der Waals surface area contributed by atoms with Crippen LogP contribution in [-0.4, -0.2) is 23.1 Å². The minimum Gasteiger partial charge on any atom is -0.258 e. The molecular weight excluding hydrogens is 314 g/mol. The highest BCUT2D eigenvalue weighted by atomic mass is 32.2. The molecule has 22 heavy (non-hydrogen) atoms. The molecule has 2 N–H and O–H groups in total. The van der Waals surface area contributed by atoms with Gasteiger partial charge in [-0.05, 0) is 35.5 Å². The van der Waals surface area contributed by atoms with E-state index in [9.17, 15) is 8.42 Å². The highest BCUT2D eigenvalue weighted by molar-refractivity contribution is 7.84. The van der Waals surface area contributed by atoms with Crippen molar-refractivity contribution in [1.29, 1.82) is 0 Å². The van der Waals surface area contributed by atoms with E-state index in [4.69, 9.17) is 5.14 Å². The van der Waals surface area contributed by atoms with Crippen LogP contribution in [-0.2, 0) is 14.5 Å². The molecule has 0 aromatic heterocycles. The van der Waals surface area contributed by atoms with Gasteiger partial charge < -0.3 is 0 Å². The van der Waals surface area contributed by atoms with Crippen molar-refractivity contribution < 1.29 is 12.6 Å². The average molecular weight is 346 g/mol. The van der Waals surface area contributed by atoms with Crippen molar-refractivity contribution >= 4 is 18.4 Å². The third-order valence-electron chi connectivity index (χ3n) is 4.12. The zero-order chi connectivity index (χ0) is 17.4. The number of hydrogen-bond acceptors (Lipinski definition) is 3. The molecule has 0 aliphatic carbocycles. The Balaban J connectivity index is 4.60. The third kappa shape index (κ3) is 7.10. The summed E-state index contributed by atoms with van der Waals surface area (Å²) in [5.74, 6) is 3.22. The Morgan fingerprint density at radius 3 is 2.00 bits per heavy atom. The molecule has 0 rings (SSSR count). The fraction of sp³-hybridized carbons (Fsp3) is 0.750. The lowest BCUT2D eigenvalue weighted by Crippen LogP contribution is -2.43. The predicted octanol–water partition coefficient (Wildman–Crippen LogP) is 3.76. The zero-order valence-electron chi connectivity index (χ0n) is 14.7. The SMILES string of the molecule is CC(C)[Si](C#C/C=C/CCCOS(N)(=O)=O)(C(C)C)C(C)C. The lowest BCUT2D eigenvalue weighted by atomic mass is 10.3. The molecule has 0 radical (unpaired) electrons. The van der Waals surface area contributed by atoms with E-state index in [0.717, 1.165) is 6.42 Å². The minimum atomic E-state index is -3.82. The van der Waals surface area contributed by atoms with Gasteiger partial charge in [0.2, 0.25) is 0 Å². The Hall–Kier alpha value is -0.613. The van der Waals surface area contributed by atoms with Crippen molar-refractivity contribution in [3.05, 3.63) is 12.2 Å². The van der Waals surface area contributed by atoms with E-state index in [0.29, 0.717) is 23.0 Å². The van der Waals surface area contributed by atoms with Crippen molar-refractivity contribution in [2.45, 2.75) is 71.0 Å². The molecule has 0 saturated heterocycles. The molecule has 0 unspecified atom stereocenters. The highest BCUT2D eigenvalue weighted by Crippen LogP contribution is 2.40. The molecule has 0 aromatic carbocycles. The van der Waals surface area contributed by atoms with Gasteiger partial charge in [-0.25, -0.2) is 5.14 Å². The van der Waals surface area contributed by atoms with Gasteiger partial charge in [0.25, 0.3) is 0 Å². The first kappa shape index (κ1) is 21.4. The van der Waals surface area contributed by atoms with Gasteiger partial charge in [0.1, 0.15) is 8.07 Å². The second-order valence-corrected chi connectivity index (χ2v) is 13.3. The van der Waals surface area contributed by atoms with Gasteiger partial charge in [0.15, 0.2) is 0 Å². The van der Waals surface area contributed by atoms with E-state index < -0.39 is 18.4 Å². The maximum absolute atomic E-state index is 10.6. The van der Waals surface area contributed by atoms with Crippen LogP contribution in [0.5, 0.6) is 0 Å². The van der Waals surface area contributed by atoms with E-state index >= 15 is 0 Å². The molecule has 0 bridgehead atoms. The average Bonchev–Trinajstić information content (AvgIpc) is 2.34. The normalized spacial score (nSPS) is 13.2. The summed E-state index contributed by atoms with van der Waals surface area (Å²) in [6.07, 6.45) is 5.17. The molecule has 0 heterocycles. The standard InChI is InChI=1S/C16H31NO3SSi/c1-14(2)22(15(3)4,16(5)6)13-11-9-7-8-10-12-20-21(17,18)19/h7,9,14-16H,8,10,12H2,1-6H3,(H2,17,18,19)/b9-7+. The summed E-state index contributed by atoms with van der Waals surface area (Å²) < 4.78 is 25.6. The first-order chi connectivity index (χ1) is 10.0. The molecule has 0 aliphatic heterocycles. The van der Waals surface area contributed by atoms with Gasteiger partial charge in [0, 0.05) is 0 Å². The van der Waals surface area contributed by atoms with Crippen LogP contribution >= 0.6 is 0 Å². The van der Waals surface area contributed by atoms with Gasteiger partial charge in [-0.3, -0.25) is 4.18 Å². The van der Waals surface area contributed by atoms with Crippen molar-refractivity contribution in [3.63, 3.8) is 0 Å².